The van der Waals surface area contributed by atoms with Crippen molar-refractivity contribution in [2.75, 3.05) is 20.8 Å². The Morgan fingerprint density at radius 1 is 1.37 bits per heavy atom. The number of methoxy groups -OCH3 is 2. The minimum atomic E-state index is -2.91. The van der Waals surface area contributed by atoms with Crippen LogP contribution in [0.15, 0.2) is 18.2 Å². The van der Waals surface area contributed by atoms with E-state index in [1.54, 1.807) is 6.07 Å². The van der Waals surface area contributed by atoms with E-state index in [1.807, 2.05) is 0 Å². The van der Waals surface area contributed by atoms with Crippen LogP contribution in [0.5, 0.6) is 11.5 Å². The Balaban J connectivity index is 2.80. The molecule has 0 heterocycles. The van der Waals surface area contributed by atoms with E-state index >= 15 is 0 Å². The number of amides is 1. The molecule has 5 nitrogen and oxygen atoms in total. The fraction of sp³-hybridized carbons (Fsp3) is 0.417. The Hall–Kier alpha value is -1.89. The molecule has 0 spiro atoms. The van der Waals surface area contributed by atoms with Gasteiger partial charge in [-0.15, -0.1) is 0 Å². The topological polar surface area (TPSA) is 67.8 Å². The molecule has 0 fully saturated rings. The number of hydrogen-bond acceptors (Lipinski definition) is 4. The third-order valence-electron chi connectivity index (χ3n) is 2.41. The maximum absolute atomic E-state index is 12.1. The first-order chi connectivity index (χ1) is 8.99. The molecule has 0 aliphatic carbocycles. The predicted molar refractivity (Wildman–Crippen MR) is 63.9 cm³/mol. The lowest BCUT2D eigenvalue weighted by molar-refractivity contribution is -0.00271. The van der Waals surface area contributed by atoms with Gasteiger partial charge in [-0.3, -0.25) is 4.79 Å². The van der Waals surface area contributed by atoms with Gasteiger partial charge in [0.15, 0.2) is 0 Å². The van der Waals surface area contributed by atoms with Gasteiger partial charge in [0, 0.05) is 6.54 Å². The van der Waals surface area contributed by atoms with Gasteiger partial charge in [0.05, 0.1) is 19.8 Å². The zero-order valence-corrected chi connectivity index (χ0v) is 10.5. The number of aliphatic hydroxyl groups is 1. The van der Waals surface area contributed by atoms with Crippen molar-refractivity contribution in [3.63, 3.8) is 0 Å². The van der Waals surface area contributed by atoms with Crippen molar-refractivity contribution in [2.45, 2.75) is 12.5 Å². The first-order valence-electron chi connectivity index (χ1n) is 5.46. The second kappa shape index (κ2) is 6.89. The van der Waals surface area contributed by atoms with Crippen molar-refractivity contribution < 1.29 is 28.2 Å². The lowest BCUT2D eigenvalue weighted by Crippen LogP contribution is -2.36. The quantitative estimate of drug-likeness (QED) is 0.814. The number of benzene rings is 1. The molecule has 1 atom stereocenters. The monoisotopic (exact) mass is 275 g/mol. The van der Waals surface area contributed by atoms with Crippen LogP contribution in [0.3, 0.4) is 0 Å². The summed E-state index contributed by atoms with van der Waals surface area (Å²) in [6.07, 6.45) is -4.81. The van der Waals surface area contributed by atoms with Gasteiger partial charge in [-0.05, 0) is 18.2 Å². The van der Waals surface area contributed by atoms with Crippen LogP contribution in [0.2, 0.25) is 0 Å². The van der Waals surface area contributed by atoms with Gasteiger partial charge in [-0.25, -0.2) is 8.78 Å². The van der Waals surface area contributed by atoms with Crippen molar-refractivity contribution in [1.82, 2.24) is 5.32 Å². The summed E-state index contributed by atoms with van der Waals surface area (Å²) in [5.41, 5.74) is 0.142. The van der Waals surface area contributed by atoms with Crippen LogP contribution in [-0.4, -0.2) is 44.3 Å². The normalized spacial score (nSPS) is 12.1. The van der Waals surface area contributed by atoms with E-state index in [0.29, 0.717) is 5.75 Å². The van der Waals surface area contributed by atoms with Gasteiger partial charge < -0.3 is 19.9 Å². The average molecular weight is 275 g/mol. The molecule has 0 saturated heterocycles. The number of aliphatic hydroxyl groups excluding tert-OH is 1. The standard InChI is InChI=1S/C12H15F2NO4/c1-18-7-3-4-10(19-2)8(5-7)12(17)15-6-9(16)11(13)14/h3-5,9,11,16H,6H2,1-2H3,(H,15,17). The molecule has 7 heteroatoms. The van der Waals surface area contributed by atoms with Gasteiger partial charge in [0.1, 0.15) is 17.6 Å². The van der Waals surface area contributed by atoms with E-state index in [1.165, 1.54) is 26.4 Å². The number of carbonyl (C=O) groups is 1. The van der Waals surface area contributed by atoms with Crippen molar-refractivity contribution in [2.24, 2.45) is 0 Å². The molecule has 2 N–H and O–H groups in total. The van der Waals surface area contributed by atoms with Gasteiger partial charge in [0.25, 0.3) is 12.3 Å². The molecule has 0 aliphatic heterocycles. The van der Waals surface area contributed by atoms with Gasteiger partial charge in [-0.2, -0.15) is 0 Å². The number of halogens is 2. The van der Waals surface area contributed by atoms with E-state index in [0.717, 1.165) is 0 Å². The Morgan fingerprint density at radius 3 is 2.58 bits per heavy atom. The minimum Gasteiger partial charge on any atom is -0.497 e. The van der Waals surface area contributed by atoms with E-state index in [-0.39, 0.29) is 11.3 Å². The Morgan fingerprint density at radius 2 is 2.05 bits per heavy atom. The fourth-order valence-electron chi connectivity index (χ4n) is 1.37. The summed E-state index contributed by atoms with van der Waals surface area (Å²) in [5.74, 6) is 0.0839. The summed E-state index contributed by atoms with van der Waals surface area (Å²) in [4.78, 5) is 11.8. The third-order valence-corrected chi connectivity index (χ3v) is 2.41. The van der Waals surface area contributed by atoms with Crippen LogP contribution >= 0.6 is 0 Å². The summed E-state index contributed by atoms with van der Waals surface area (Å²) in [7, 11) is 2.82. The predicted octanol–water partition coefficient (Wildman–Crippen LogP) is 1.06. The summed E-state index contributed by atoms with van der Waals surface area (Å²) in [6.45, 7) is -0.545. The Kier molecular flexibility index (Phi) is 5.50. The fourth-order valence-corrected chi connectivity index (χ4v) is 1.37. The van der Waals surface area contributed by atoms with Crippen LogP contribution < -0.4 is 14.8 Å². The van der Waals surface area contributed by atoms with Crippen LogP contribution in [-0.2, 0) is 0 Å². The number of nitrogens with one attached hydrogen (secondary N) is 1. The van der Waals surface area contributed by atoms with Gasteiger partial charge >= 0.3 is 0 Å². The number of alkyl halides is 2. The SMILES string of the molecule is COc1ccc(OC)c(C(=O)NCC(O)C(F)F)c1. The molecule has 0 saturated carbocycles. The average Bonchev–Trinajstić information content (AvgIpc) is 2.43. The lowest BCUT2D eigenvalue weighted by atomic mass is 10.1. The first kappa shape index (κ1) is 15.2. The molecule has 106 valence electrons. The van der Waals surface area contributed by atoms with Crippen molar-refractivity contribution in [1.29, 1.82) is 0 Å². The first-order valence-corrected chi connectivity index (χ1v) is 5.46. The number of hydrogen-bond donors (Lipinski definition) is 2. The Bertz CT molecular complexity index is 440. The van der Waals surface area contributed by atoms with Crippen LogP contribution in [0.25, 0.3) is 0 Å². The number of ether oxygens (including phenoxy) is 2. The molecule has 0 bridgehead atoms. The zero-order valence-electron chi connectivity index (χ0n) is 10.5. The highest BCUT2D eigenvalue weighted by Crippen LogP contribution is 2.23. The highest BCUT2D eigenvalue weighted by molar-refractivity contribution is 5.97. The molecule has 0 aliphatic rings. The van der Waals surface area contributed by atoms with E-state index < -0.39 is 25.0 Å². The van der Waals surface area contributed by atoms with E-state index in [2.05, 4.69) is 5.32 Å². The Labute approximate surface area is 109 Å². The molecule has 19 heavy (non-hydrogen) atoms. The van der Waals surface area contributed by atoms with Crippen molar-refractivity contribution in [3.05, 3.63) is 23.8 Å². The molecular formula is C12H15F2NO4. The van der Waals surface area contributed by atoms with E-state index in [9.17, 15) is 13.6 Å². The molecule has 1 aromatic carbocycles. The second-order valence-corrected chi connectivity index (χ2v) is 3.68. The third kappa shape index (κ3) is 4.06. The zero-order chi connectivity index (χ0) is 14.4. The largest absolute Gasteiger partial charge is 0.497 e. The van der Waals surface area contributed by atoms with Gasteiger partial charge in [-0.1, -0.05) is 0 Å². The molecule has 0 radical (unpaired) electrons. The summed E-state index contributed by atoms with van der Waals surface area (Å²) >= 11 is 0. The highest BCUT2D eigenvalue weighted by Gasteiger charge is 2.19. The van der Waals surface area contributed by atoms with Crippen LogP contribution in [0.4, 0.5) is 8.78 Å². The maximum Gasteiger partial charge on any atom is 0.265 e. The van der Waals surface area contributed by atoms with Crippen molar-refractivity contribution >= 4 is 5.91 Å². The smallest absolute Gasteiger partial charge is 0.265 e. The van der Waals surface area contributed by atoms with Crippen LogP contribution in [0, 0.1) is 0 Å². The molecule has 1 rings (SSSR count). The number of rotatable bonds is 6. The number of carbonyl (C=O) groups excluding carboxylic acids is 1. The molecular weight excluding hydrogens is 260 g/mol. The summed E-state index contributed by atoms with van der Waals surface area (Å²) in [5, 5.41) is 11.1. The van der Waals surface area contributed by atoms with E-state index in [4.69, 9.17) is 14.6 Å². The summed E-state index contributed by atoms with van der Waals surface area (Å²) < 4.78 is 34.2. The second-order valence-electron chi connectivity index (χ2n) is 3.68. The van der Waals surface area contributed by atoms with Crippen molar-refractivity contribution in [3.8, 4) is 11.5 Å². The molecule has 1 aromatic rings. The van der Waals surface area contributed by atoms with Crippen LogP contribution in [0.1, 0.15) is 10.4 Å². The van der Waals surface area contributed by atoms with Gasteiger partial charge in [0.2, 0.25) is 0 Å². The minimum absolute atomic E-state index is 0.142. The molecule has 0 aromatic heterocycles. The highest BCUT2D eigenvalue weighted by atomic mass is 19.3. The molecule has 1 amide bonds. The summed E-state index contributed by atoms with van der Waals surface area (Å²) in [6, 6.07) is 4.55. The molecule has 1 unspecified atom stereocenters. The lowest BCUT2D eigenvalue weighted by Gasteiger charge is -2.13. The maximum atomic E-state index is 12.1.